The molecule has 1 heterocycles. The van der Waals surface area contributed by atoms with E-state index in [1.807, 2.05) is 13.8 Å². The van der Waals surface area contributed by atoms with Gasteiger partial charge in [-0.15, -0.1) is 11.3 Å². The quantitative estimate of drug-likeness (QED) is 0.772. The lowest BCUT2D eigenvalue weighted by molar-refractivity contribution is -0.139. The summed E-state index contributed by atoms with van der Waals surface area (Å²) in [7, 11) is 1.27. The van der Waals surface area contributed by atoms with Crippen molar-refractivity contribution in [3.63, 3.8) is 0 Å². The molecule has 0 unspecified atom stereocenters. The summed E-state index contributed by atoms with van der Waals surface area (Å²) in [5.74, 6) is -0.824. The SMILES string of the molecule is COC(=O)CNC(=O)c1nc(C)sc1C. The molecule has 1 aromatic rings. The number of methoxy groups -OCH3 is 1. The van der Waals surface area contributed by atoms with Crippen molar-refractivity contribution in [2.75, 3.05) is 13.7 Å². The van der Waals surface area contributed by atoms with Gasteiger partial charge in [-0.1, -0.05) is 0 Å². The predicted octanol–water partition coefficient (Wildman–Crippen LogP) is 0.663. The molecule has 1 aromatic heterocycles. The van der Waals surface area contributed by atoms with E-state index in [2.05, 4.69) is 15.0 Å². The lowest BCUT2D eigenvalue weighted by Crippen LogP contribution is -2.30. The van der Waals surface area contributed by atoms with E-state index in [9.17, 15) is 9.59 Å². The predicted molar refractivity (Wildman–Crippen MR) is 55.9 cm³/mol. The Morgan fingerprint density at radius 3 is 2.60 bits per heavy atom. The zero-order chi connectivity index (χ0) is 11.4. The van der Waals surface area contributed by atoms with E-state index in [1.54, 1.807) is 0 Å². The summed E-state index contributed by atoms with van der Waals surface area (Å²) in [4.78, 5) is 27.2. The molecule has 0 saturated heterocycles. The number of ether oxygens (including phenoxy) is 1. The summed E-state index contributed by atoms with van der Waals surface area (Å²) in [5.41, 5.74) is 0.376. The Morgan fingerprint density at radius 1 is 1.47 bits per heavy atom. The molecule has 1 N–H and O–H groups in total. The highest BCUT2D eigenvalue weighted by molar-refractivity contribution is 7.11. The highest BCUT2D eigenvalue weighted by Gasteiger charge is 2.14. The van der Waals surface area contributed by atoms with Crippen LogP contribution in [0.4, 0.5) is 0 Å². The van der Waals surface area contributed by atoms with Crippen LogP contribution in [0.25, 0.3) is 0 Å². The number of nitrogens with zero attached hydrogens (tertiary/aromatic N) is 1. The number of aromatic nitrogens is 1. The fraction of sp³-hybridized carbons (Fsp3) is 0.444. The van der Waals surface area contributed by atoms with E-state index < -0.39 is 5.97 Å². The van der Waals surface area contributed by atoms with Gasteiger partial charge in [-0.25, -0.2) is 4.98 Å². The molecule has 0 aromatic carbocycles. The number of hydrogen-bond donors (Lipinski definition) is 1. The zero-order valence-electron chi connectivity index (χ0n) is 8.79. The first-order valence-electron chi connectivity index (χ1n) is 4.33. The maximum Gasteiger partial charge on any atom is 0.325 e. The Balaban J connectivity index is 2.61. The molecular weight excluding hydrogens is 216 g/mol. The monoisotopic (exact) mass is 228 g/mol. The van der Waals surface area contributed by atoms with Crippen LogP contribution in [0.15, 0.2) is 0 Å². The van der Waals surface area contributed by atoms with Crippen LogP contribution in [0, 0.1) is 13.8 Å². The van der Waals surface area contributed by atoms with Gasteiger partial charge >= 0.3 is 5.97 Å². The van der Waals surface area contributed by atoms with Gasteiger partial charge in [0.05, 0.1) is 12.1 Å². The van der Waals surface area contributed by atoms with Gasteiger partial charge in [0.1, 0.15) is 12.2 Å². The third-order valence-corrected chi connectivity index (χ3v) is 2.63. The molecule has 0 aliphatic rings. The number of amides is 1. The molecule has 1 amide bonds. The average molecular weight is 228 g/mol. The first-order valence-corrected chi connectivity index (χ1v) is 5.15. The Kier molecular flexibility index (Phi) is 3.79. The highest BCUT2D eigenvalue weighted by Crippen LogP contribution is 2.15. The summed E-state index contributed by atoms with van der Waals surface area (Å²) in [6, 6.07) is 0. The second kappa shape index (κ2) is 4.88. The molecule has 82 valence electrons. The van der Waals surface area contributed by atoms with E-state index in [0.717, 1.165) is 9.88 Å². The van der Waals surface area contributed by atoms with Gasteiger partial charge in [0.15, 0.2) is 0 Å². The van der Waals surface area contributed by atoms with Gasteiger partial charge in [0.25, 0.3) is 5.91 Å². The van der Waals surface area contributed by atoms with Crippen molar-refractivity contribution >= 4 is 23.2 Å². The van der Waals surface area contributed by atoms with Crippen molar-refractivity contribution in [1.29, 1.82) is 0 Å². The number of thiazole rings is 1. The van der Waals surface area contributed by atoms with Crippen molar-refractivity contribution in [2.45, 2.75) is 13.8 Å². The van der Waals surface area contributed by atoms with Gasteiger partial charge in [0.2, 0.25) is 0 Å². The smallest absolute Gasteiger partial charge is 0.325 e. The third-order valence-electron chi connectivity index (χ3n) is 1.74. The minimum atomic E-state index is -0.479. The molecule has 0 fully saturated rings. The second-order valence-corrected chi connectivity index (χ2v) is 4.30. The highest BCUT2D eigenvalue weighted by atomic mass is 32.1. The number of nitrogens with one attached hydrogen (secondary N) is 1. The van der Waals surface area contributed by atoms with Crippen molar-refractivity contribution < 1.29 is 14.3 Å². The van der Waals surface area contributed by atoms with Crippen molar-refractivity contribution in [3.8, 4) is 0 Å². The number of carbonyl (C=O) groups is 2. The Morgan fingerprint density at radius 2 is 2.13 bits per heavy atom. The van der Waals surface area contributed by atoms with E-state index in [0.29, 0.717) is 5.69 Å². The molecule has 6 heteroatoms. The second-order valence-electron chi connectivity index (χ2n) is 2.90. The van der Waals surface area contributed by atoms with Crippen LogP contribution in [-0.2, 0) is 9.53 Å². The van der Waals surface area contributed by atoms with Crippen LogP contribution in [-0.4, -0.2) is 30.5 Å². The minimum Gasteiger partial charge on any atom is -0.468 e. The topological polar surface area (TPSA) is 68.3 Å². The summed E-state index contributed by atoms with van der Waals surface area (Å²) in [6.45, 7) is 3.51. The van der Waals surface area contributed by atoms with Gasteiger partial charge in [-0.3, -0.25) is 9.59 Å². The summed E-state index contributed by atoms with van der Waals surface area (Å²) in [6.07, 6.45) is 0. The van der Waals surface area contributed by atoms with E-state index in [-0.39, 0.29) is 12.5 Å². The molecule has 0 spiro atoms. The maximum atomic E-state index is 11.5. The maximum absolute atomic E-state index is 11.5. The van der Waals surface area contributed by atoms with E-state index in [1.165, 1.54) is 18.4 Å². The molecule has 15 heavy (non-hydrogen) atoms. The molecule has 0 aliphatic heterocycles. The fourth-order valence-corrected chi connectivity index (χ4v) is 1.86. The van der Waals surface area contributed by atoms with Crippen LogP contribution in [0.1, 0.15) is 20.4 Å². The summed E-state index contributed by atoms with van der Waals surface area (Å²) in [5, 5.41) is 3.26. The molecule has 0 saturated carbocycles. The largest absolute Gasteiger partial charge is 0.468 e. The van der Waals surface area contributed by atoms with E-state index >= 15 is 0 Å². The van der Waals surface area contributed by atoms with Crippen LogP contribution in [0.3, 0.4) is 0 Å². The lowest BCUT2D eigenvalue weighted by atomic mass is 10.3. The first-order chi connectivity index (χ1) is 7.04. The molecule has 0 bridgehead atoms. The van der Waals surface area contributed by atoms with Crippen molar-refractivity contribution in [2.24, 2.45) is 0 Å². The van der Waals surface area contributed by atoms with Crippen LogP contribution >= 0.6 is 11.3 Å². The number of esters is 1. The first kappa shape index (κ1) is 11.6. The molecule has 0 aliphatic carbocycles. The lowest BCUT2D eigenvalue weighted by Gasteiger charge is -2.01. The fourth-order valence-electron chi connectivity index (χ4n) is 1.05. The van der Waals surface area contributed by atoms with Crippen molar-refractivity contribution in [1.82, 2.24) is 10.3 Å². The van der Waals surface area contributed by atoms with Crippen LogP contribution in [0.2, 0.25) is 0 Å². The molecule has 1 rings (SSSR count). The number of aryl methyl sites for hydroxylation is 2. The minimum absolute atomic E-state index is 0.134. The zero-order valence-corrected chi connectivity index (χ0v) is 9.60. The number of carbonyl (C=O) groups excluding carboxylic acids is 2. The Labute approximate surface area is 91.5 Å². The molecular formula is C9H12N2O3S. The Bertz CT molecular complexity index is 387. The summed E-state index contributed by atoms with van der Waals surface area (Å²) >= 11 is 1.45. The normalized spacial score (nSPS) is 9.80. The summed E-state index contributed by atoms with van der Waals surface area (Å²) < 4.78 is 4.40. The Hall–Kier alpha value is -1.43. The van der Waals surface area contributed by atoms with Crippen molar-refractivity contribution in [3.05, 3.63) is 15.6 Å². The van der Waals surface area contributed by atoms with Crippen LogP contribution in [0.5, 0.6) is 0 Å². The van der Waals surface area contributed by atoms with Gasteiger partial charge < -0.3 is 10.1 Å². The molecule has 0 atom stereocenters. The molecule has 5 nitrogen and oxygen atoms in total. The van der Waals surface area contributed by atoms with Gasteiger partial charge in [-0.05, 0) is 13.8 Å². The van der Waals surface area contributed by atoms with Crippen LogP contribution < -0.4 is 5.32 Å². The standard InChI is InChI=1S/C9H12N2O3S/c1-5-8(11-6(2)15-5)9(13)10-4-7(12)14-3/h4H2,1-3H3,(H,10,13). The number of rotatable bonds is 3. The molecule has 0 radical (unpaired) electrons. The van der Waals surface area contributed by atoms with Gasteiger partial charge in [-0.2, -0.15) is 0 Å². The number of hydrogen-bond acceptors (Lipinski definition) is 5. The van der Waals surface area contributed by atoms with Gasteiger partial charge in [0, 0.05) is 4.88 Å². The average Bonchev–Trinajstić information content (AvgIpc) is 2.53. The van der Waals surface area contributed by atoms with E-state index in [4.69, 9.17) is 0 Å². The third kappa shape index (κ3) is 3.02.